The van der Waals surface area contributed by atoms with E-state index in [1.54, 1.807) is 17.9 Å². The predicted octanol–water partition coefficient (Wildman–Crippen LogP) is 2.92. The van der Waals surface area contributed by atoms with E-state index in [0.717, 1.165) is 12.8 Å². The highest BCUT2D eigenvalue weighted by molar-refractivity contribution is 7.92. The number of nitrogens with two attached hydrogens (primary N) is 1. The minimum atomic E-state index is -3.91. The van der Waals surface area contributed by atoms with E-state index in [1.165, 1.54) is 36.4 Å². The van der Waals surface area contributed by atoms with Crippen molar-refractivity contribution in [1.29, 1.82) is 0 Å². The zero-order valence-electron chi connectivity index (χ0n) is 15.4. The summed E-state index contributed by atoms with van der Waals surface area (Å²) in [5, 5.41) is 0. The summed E-state index contributed by atoms with van der Waals surface area (Å²) < 4.78 is 40.7. The topological polar surface area (TPSA) is 92.5 Å². The molecule has 28 heavy (non-hydrogen) atoms. The van der Waals surface area contributed by atoms with Crippen molar-refractivity contribution in [2.45, 2.75) is 30.7 Å². The zero-order chi connectivity index (χ0) is 19.6. The fourth-order valence-electron chi connectivity index (χ4n) is 3.23. The van der Waals surface area contributed by atoms with Crippen LogP contribution in [0.1, 0.15) is 28.8 Å². The summed E-state index contributed by atoms with van der Waals surface area (Å²) in [7, 11) is -3.91. The number of likely N-dealkylation sites (tertiary alicyclic amines) is 1. The van der Waals surface area contributed by atoms with Crippen molar-refractivity contribution in [3.63, 3.8) is 0 Å². The van der Waals surface area contributed by atoms with Gasteiger partial charge >= 0.3 is 0 Å². The first-order valence-electron chi connectivity index (χ1n) is 8.72. The molecule has 1 saturated heterocycles. The Kier molecular flexibility index (Phi) is 7.03. The number of carbonyl (C=O) groups excluding carboxylic acids is 1. The van der Waals surface area contributed by atoms with Gasteiger partial charge in [-0.2, -0.15) is 0 Å². The van der Waals surface area contributed by atoms with Gasteiger partial charge in [0, 0.05) is 30.4 Å². The van der Waals surface area contributed by atoms with Crippen molar-refractivity contribution >= 4 is 34.0 Å². The average Bonchev–Trinajstić information content (AvgIpc) is 3.12. The van der Waals surface area contributed by atoms with Gasteiger partial charge in [-0.1, -0.05) is 6.07 Å². The monoisotopic (exact) mass is 427 g/mol. The average molecular weight is 428 g/mol. The lowest BCUT2D eigenvalue weighted by Crippen LogP contribution is -2.40. The Hall–Kier alpha value is -2.16. The molecule has 0 spiro atoms. The highest BCUT2D eigenvalue weighted by Gasteiger charge is 2.29. The normalized spacial score (nSPS) is 16.5. The molecule has 1 fully saturated rings. The summed E-state index contributed by atoms with van der Waals surface area (Å²) in [6.45, 7) is 2.77. The Morgan fingerprint density at radius 1 is 1.25 bits per heavy atom. The first-order chi connectivity index (χ1) is 12.8. The lowest BCUT2D eigenvalue weighted by Gasteiger charge is -2.24. The second kappa shape index (κ2) is 8.89. The van der Waals surface area contributed by atoms with E-state index in [0.29, 0.717) is 24.2 Å². The van der Waals surface area contributed by atoms with Crippen LogP contribution in [-0.2, 0) is 10.0 Å². The third-order valence-electron chi connectivity index (χ3n) is 4.76. The summed E-state index contributed by atoms with van der Waals surface area (Å²) in [5.41, 5.74) is 7.03. The molecule has 9 heteroatoms. The molecule has 1 unspecified atom stereocenters. The number of carbonyl (C=O) groups is 1. The van der Waals surface area contributed by atoms with Crippen LogP contribution in [0.5, 0.6) is 0 Å². The minimum absolute atomic E-state index is 0. The molecule has 1 aliphatic heterocycles. The van der Waals surface area contributed by atoms with Crippen LogP contribution in [0.15, 0.2) is 47.4 Å². The standard InChI is InChI=1S/C19H22FN3O3S.ClH/c1-13-4-9-17(27(25,26)22-15-7-5-14(20)6-8-15)11-18(13)19(24)23-10-2-3-16(23)12-21;/h4-9,11,16,22H,2-3,10,12,21H2,1H3;1H. The number of anilines is 1. The van der Waals surface area contributed by atoms with E-state index in [1.807, 2.05) is 0 Å². The van der Waals surface area contributed by atoms with Crippen molar-refractivity contribution < 1.29 is 17.6 Å². The summed E-state index contributed by atoms with van der Waals surface area (Å²) >= 11 is 0. The van der Waals surface area contributed by atoms with Gasteiger partial charge in [-0.05, 0) is 61.7 Å². The number of hydrogen-bond acceptors (Lipinski definition) is 4. The van der Waals surface area contributed by atoms with Gasteiger partial charge in [0.25, 0.3) is 15.9 Å². The molecular formula is C19H23ClFN3O3S. The molecule has 0 saturated carbocycles. The smallest absolute Gasteiger partial charge is 0.261 e. The quantitative estimate of drug-likeness (QED) is 0.767. The van der Waals surface area contributed by atoms with Gasteiger partial charge < -0.3 is 10.6 Å². The lowest BCUT2D eigenvalue weighted by atomic mass is 10.1. The maximum atomic E-state index is 13.0. The van der Waals surface area contributed by atoms with Crippen LogP contribution in [0.2, 0.25) is 0 Å². The van der Waals surface area contributed by atoms with Crippen LogP contribution in [-0.4, -0.2) is 38.4 Å². The molecule has 1 aliphatic rings. The van der Waals surface area contributed by atoms with E-state index in [-0.39, 0.29) is 34.9 Å². The molecule has 3 N–H and O–H groups in total. The SMILES string of the molecule is Cc1ccc(S(=O)(=O)Nc2ccc(F)cc2)cc1C(=O)N1CCCC1CN.Cl. The second-order valence-electron chi connectivity index (χ2n) is 6.62. The van der Waals surface area contributed by atoms with Crippen LogP contribution in [0.25, 0.3) is 0 Å². The molecule has 3 rings (SSSR count). The molecule has 6 nitrogen and oxygen atoms in total. The Morgan fingerprint density at radius 3 is 2.57 bits per heavy atom. The number of benzene rings is 2. The summed E-state index contributed by atoms with van der Waals surface area (Å²) in [6.07, 6.45) is 1.74. The van der Waals surface area contributed by atoms with Crippen LogP contribution in [0, 0.1) is 12.7 Å². The number of sulfonamides is 1. The molecule has 152 valence electrons. The number of rotatable bonds is 5. The van der Waals surface area contributed by atoms with E-state index in [2.05, 4.69) is 4.72 Å². The molecular weight excluding hydrogens is 405 g/mol. The Balaban J connectivity index is 0.00000280. The van der Waals surface area contributed by atoms with Gasteiger partial charge in [0.05, 0.1) is 4.90 Å². The fourth-order valence-corrected chi connectivity index (χ4v) is 4.32. The molecule has 0 bridgehead atoms. The largest absolute Gasteiger partial charge is 0.334 e. The number of nitrogens with zero attached hydrogens (tertiary/aromatic N) is 1. The number of aryl methyl sites for hydroxylation is 1. The Morgan fingerprint density at radius 2 is 1.93 bits per heavy atom. The molecule has 0 aromatic heterocycles. The Bertz CT molecular complexity index is 951. The fraction of sp³-hybridized carbons (Fsp3) is 0.316. The molecule has 1 atom stereocenters. The molecule has 0 aliphatic carbocycles. The van der Waals surface area contributed by atoms with E-state index >= 15 is 0 Å². The van der Waals surface area contributed by atoms with E-state index < -0.39 is 15.8 Å². The number of amides is 1. The number of nitrogens with one attached hydrogen (secondary N) is 1. The van der Waals surface area contributed by atoms with Crippen LogP contribution < -0.4 is 10.5 Å². The van der Waals surface area contributed by atoms with Crippen molar-refractivity contribution in [3.05, 3.63) is 59.4 Å². The molecule has 2 aromatic rings. The van der Waals surface area contributed by atoms with Gasteiger partial charge in [-0.3, -0.25) is 9.52 Å². The Labute approximate surface area is 170 Å². The maximum Gasteiger partial charge on any atom is 0.261 e. The maximum absolute atomic E-state index is 13.0. The van der Waals surface area contributed by atoms with Gasteiger partial charge in [0.1, 0.15) is 5.82 Å². The second-order valence-corrected chi connectivity index (χ2v) is 8.30. The van der Waals surface area contributed by atoms with Crippen molar-refractivity contribution in [3.8, 4) is 0 Å². The van der Waals surface area contributed by atoms with Crippen molar-refractivity contribution in [2.75, 3.05) is 17.8 Å². The summed E-state index contributed by atoms with van der Waals surface area (Å²) in [5.74, 6) is -0.666. The number of hydrogen-bond donors (Lipinski definition) is 2. The third-order valence-corrected chi connectivity index (χ3v) is 6.14. The zero-order valence-corrected chi connectivity index (χ0v) is 17.0. The van der Waals surface area contributed by atoms with Crippen LogP contribution in [0.3, 0.4) is 0 Å². The summed E-state index contributed by atoms with van der Waals surface area (Å²) in [6, 6.07) is 9.43. The highest BCUT2D eigenvalue weighted by Crippen LogP contribution is 2.24. The molecule has 0 radical (unpaired) electrons. The van der Waals surface area contributed by atoms with Crippen LogP contribution >= 0.6 is 12.4 Å². The van der Waals surface area contributed by atoms with Crippen LogP contribution in [0.4, 0.5) is 10.1 Å². The van der Waals surface area contributed by atoms with Gasteiger partial charge in [-0.15, -0.1) is 12.4 Å². The van der Waals surface area contributed by atoms with Crippen molar-refractivity contribution in [1.82, 2.24) is 4.90 Å². The third kappa shape index (κ3) is 4.63. The van der Waals surface area contributed by atoms with Gasteiger partial charge in [0.2, 0.25) is 0 Å². The minimum Gasteiger partial charge on any atom is -0.334 e. The van der Waals surface area contributed by atoms with Gasteiger partial charge in [-0.25, -0.2) is 12.8 Å². The first kappa shape index (κ1) is 22.1. The number of halogens is 2. The predicted molar refractivity (Wildman–Crippen MR) is 109 cm³/mol. The van der Waals surface area contributed by atoms with E-state index in [9.17, 15) is 17.6 Å². The molecule has 1 amide bonds. The van der Waals surface area contributed by atoms with E-state index in [4.69, 9.17) is 5.73 Å². The van der Waals surface area contributed by atoms with Crippen molar-refractivity contribution in [2.24, 2.45) is 5.73 Å². The lowest BCUT2D eigenvalue weighted by molar-refractivity contribution is 0.0740. The summed E-state index contributed by atoms with van der Waals surface area (Å²) in [4.78, 5) is 14.6. The molecule has 1 heterocycles. The molecule has 2 aromatic carbocycles. The van der Waals surface area contributed by atoms with Gasteiger partial charge in [0.15, 0.2) is 0 Å². The first-order valence-corrected chi connectivity index (χ1v) is 10.2. The highest BCUT2D eigenvalue weighted by atomic mass is 35.5.